The molecule has 0 bridgehead atoms. The van der Waals surface area contributed by atoms with E-state index >= 15 is 0 Å². The van der Waals surface area contributed by atoms with Gasteiger partial charge in [0.25, 0.3) is 0 Å². The Labute approximate surface area is 195 Å². The number of nitrogens with zero attached hydrogens (tertiary/aromatic N) is 4. The van der Waals surface area contributed by atoms with E-state index in [1.807, 2.05) is 46.1 Å². The van der Waals surface area contributed by atoms with Gasteiger partial charge in [-0.3, -0.25) is 9.48 Å². The fraction of sp³-hybridized carbons (Fsp3) is 0.346. The third-order valence-electron chi connectivity index (χ3n) is 5.82. The van der Waals surface area contributed by atoms with Gasteiger partial charge in [0, 0.05) is 45.0 Å². The number of benzene rings is 2. The maximum absolute atomic E-state index is 12.6. The molecule has 4 rings (SSSR count). The molecule has 0 aliphatic carbocycles. The van der Waals surface area contributed by atoms with Crippen molar-refractivity contribution >= 4 is 11.9 Å². The maximum Gasteiger partial charge on any atom is 0.223 e. The molecule has 1 aromatic heterocycles. The first-order chi connectivity index (χ1) is 16.2. The first-order valence-electron chi connectivity index (χ1n) is 11.6. The zero-order valence-electron chi connectivity index (χ0n) is 19.2. The quantitative estimate of drug-likeness (QED) is 0.302. The molecule has 7 heteroatoms. The molecule has 0 fully saturated rings. The van der Waals surface area contributed by atoms with E-state index in [1.165, 1.54) is 22.3 Å². The maximum atomic E-state index is 12.6. The van der Waals surface area contributed by atoms with Crippen molar-refractivity contribution in [2.24, 2.45) is 4.99 Å². The summed E-state index contributed by atoms with van der Waals surface area (Å²) in [4.78, 5) is 19.3. The molecule has 0 unspecified atom stereocenters. The molecule has 0 spiro atoms. The van der Waals surface area contributed by atoms with Crippen molar-refractivity contribution in [1.29, 1.82) is 0 Å². The highest BCUT2D eigenvalue weighted by molar-refractivity contribution is 5.80. The van der Waals surface area contributed by atoms with Gasteiger partial charge < -0.3 is 15.5 Å². The second kappa shape index (κ2) is 11.3. The number of hydrogen-bond donors (Lipinski definition) is 2. The molecule has 3 aromatic rings. The van der Waals surface area contributed by atoms with Crippen LogP contribution in [0.5, 0.6) is 0 Å². The van der Waals surface area contributed by atoms with Gasteiger partial charge in [-0.15, -0.1) is 0 Å². The van der Waals surface area contributed by atoms with Crippen LogP contribution in [0.2, 0.25) is 0 Å². The number of aromatic nitrogens is 2. The molecule has 1 aliphatic heterocycles. The number of fused-ring (bicyclic) bond motifs is 1. The van der Waals surface area contributed by atoms with Gasteiger partial charge in [-0.2, -0.15) is 5.10 Å². The zero-order chi connectivity index (χ0) is 22.9. The van der Waals surface area contributed by atoms with Gasteiger partial charge in [0.1, 0.15) is 0 Å². The summed E-state index contributed by atoms with van der Waals surface area (Å²) in [6.45, 7) is 6.30. The van der Waals surface area contributed by atoms with E-state index in [2.05, 4.69) is 46.9 Å². The van der Waals surface area contributed by atoms with E-state index in [0.29, 0.717) is 19.5 Å². The lowest BCUT2D eigenvalue weighted by atomic mass is 10.1. The van der Waals surface area contributed by atoms with Crippen molar-refractivity contribution in [3.63, 3.8) is 0 Å². The summed E-state index contributed by atoms with van der Waals surface area (Å²) >= 11 is 0. The largest absolute Gasteiger partial charge is 0.357 e. The number of amides is 1. The lowest BCUT2D eigenvalue weighted by molar-refractivity contribution is -0.131. The molecule has 172 valence electrons. The first kappa shape index (κ1) is 22.6. The predicted octanol–water partition coefficient (Wildman–Crippen LogP) is 3.31. The Kier molecular flexibility index (Phi) is 7.74. The molecule has 7 nitrogen and oxygen atoms in total. The number of rotatable bonds is 9. The summed E-state index contributed by atoms with van der Waals surface area (Å²) in [7, 11) is 0. The number of hydrogen-bond acceptors (Lipinski definition) is 3. The highest BCUT2D eigenvalue weighted by Crippen LogP contribution is 2.22. The van der Waals surface area contributed by atoms with Crippen LogP contribution in [0.4, 0.5) is 0 Å². The minimum Gasteiger partial charge on any atom is -0.357 e. The van der Waals surface area contributed by atoms with Gasteiger partial charge in [0.15, 0.2) is 5.96 Å². The third-order valence-corrected chi connectivity index (χ3v) is 5.82. The summed E-state index contributed by atoms with van der Waals surface area (Å²) < 4.78 is 1.92. The summed E-state index contributed by atoms with van der Waals surface area (Å²) in [6.07, 6.45) is 5.06. The highest BCUT2D eigenvalue weighted by Gasteiger charge is 2.22. The van der Waals surface area contributed by atoms with Gasteiger partial charge in [0.05, 0.1) is 13.1 Å². The van der Waals surface area contributed by atoms with E-state index < -0.39 is 0 Å². The molecule has 0 saturated carbocycles. The summed E-state index contributed by atoms with van der Waals surface area (Å²) in [5, 5.41) is 11.0. The molecule has 2 aromatic carbocycles. The molecular weight excluding hydrogens is 412 g/mol. The molecule has 1 aliphatic rings. The average molecular weight is 445 g/mol. The Hall–Kier alpha value is -3.61. The first-order valence-corrected chi connectivity index (χ1v) is 11.6. The van der Waals surface area contributed by atoms with Crippen molar-refractivity contribution in [1.82, 2.24) is 25.3 Å². The van der Waals surface area contributed by atoms with Crippen LogP contribution < -0.4 is 10.6 Å². The normalized spacial score (nSPS) is 13.1. The van der Waals surface area contributed by atoms with Crippen molar-refractivity contribution in [3.05, 3.63) is 89.2 Å². The Morgan fingerprint density at radius 3 is 2.42 bits per heavy atom. The van der Waals surface area contributed by atoms with Crippen molar-refractivity contribution in [2.75, 3.05) is 13.1 Å². The van der Waals surface area contributed by atoms with Crippen LogP contribution >= 0.6 is 0 Å². The Balaban J connectivity index is 1.26. The fourth-order valence-corrected chi connectivity index (χ4v) is 4.05. The molecule has 2 N–H and O–H groups in total. The van der Waals surface area contributed by atoms with Gasteiger partial charge in [-0.1, -0.05) is 48.5 Å². The highest BCUT2D eigenvalue weighted by atomic mass is 16.2. The molecular formula is C26H32N6O. The van der Waals surface area contributed by atoms with Crippen LogP contribution in [0, 0.1) is 0 Å². The van der Waals surface area contributed by atoms with Gasteiger partial charge >= 0.3 is 0 Å². The van der Waals surface area contributed by atoms with Crippen molar-refractivity contribution in [2.45, 2.75) is 45.9 Å². The second-order valence-electron chi connectivity index (χ2n) is 8.22. The van der Waals surface area contributed by atoms with Crippen LogP contribution in [0.1, 0.15) is 42.0 Å². The topological polar surface area (TPSA) is 74.5 Å². The molecule has 0 atom stereocenters. The van der Waals surface area contributed by atoms with E-state index in [0.717, 1.165) is 38.6 Å². The summed E-state index contributed by atoms with van der Waals surface area (Å²) in [6, 6.07) is 18.5. The number of nitrogens with one attached hydrogen (secondary N) is 2. The number of guanidine groups is 1. The van der Waals surface area contributed by atoms with Gasteiger partial charge in [-0.25, -0.2) is 4.99 Å². The molecule has 0 radical (unpaired) electrons. The van der Waals surface area contributed by atoms with Crippen LogP contribution in [0.15, 0.2) is 72.0 Å². The standard InChI is InChI=1S/C26H32N6O/c1-2-27-26(29-17-21-9-3-4-12-24(21)20-32-16-8-15-30-32)28-14-7-13-25(33)31-18-22-10-5-6-11-23(22)19-31/h3-6,8-12,15-16H,2,7,13-14,17-20H2,1H3,(H2,27,28,29). The SMILES string of the molecule is CCNC(=NCc1ccccc1Cn1cccn1)NCCCC(=O)N1Cc2ccccc2C1. The minimum absolute atomic E-state index is 0.211. The van der Waals surface area contributed by atoms with Crippen LogP contribution in [-0.4, -0.2) is 39.6 Å². The van der Waals surface area contributed by atoms with Crippen molar-refractivity contribution in [3.8, 4) is 0 Å². The molecule has 0 saturated heterocycles. The van der Waals surface area contributed by atoms with Crippen LogP contribution in [0.25, 0.3) is 0 Å². The monoisotopic (exact) mass is 444 g/mol. The van der Waals surface area contributed by atoms with Crippen molar-refractivity contribution < 1.29 is 4.79 Å². The van der Waals surface area contributed by atoms with Gasteiger partial charge in [0.2, 0.25) is 5.91 Å². The Morgan fingerprint density at radius 1 is 1.00 bits per heavy atom. The van der Waals surface area contributed by atoms with Gasteiger partial charge in [-0.05, 0) is 41.7 Å². The number of aliphatic imine (C=N–C) groups is 1. The fourth-order valence-electron chi connectivity index (χ4n) is 4.05. The smallest absolute Gasteiger partial charge is 0.223 e. The van der Waals surface area contributed by atoms with E-state index in [1.54, 1.807) is 6.20 Å². The summed E-state index contributed by atoms with van der Waals surface area (Å²) in [5.74, 6) is 0.981. The number of carbonyl (C=O) groups excluding carboxylic acids is 1. The lowest BCUT2D eigenvalue weighted by Gasteiger charge is -2.16. The zero-order valence-corrected chi connectivity index (χ0v) is 19.2. The predicted molar refractivity (Wildman–Crippen MR) is 131 cm³/mol. The average Bonchev–Trinajstić information content (AvgIpc) is 3.50. The van der Waals surface area contributed by atoms with E-state index in [9.17, 15) is 4.79 Å². The molecule has 2 heterocycles. The Morgan fingerprint density at radius 2 is 1.73 bits per heavy atom. The van der Waals surface area contributed by atoms with E-state index in [4.69, 9.17) is 4.99 Å². The third kappa shape index (κ3) is 6.22. The minimum atomic E-state index is 0.211. The second-order valence-corrected chi connectivity index (χ2v) is 8.22. The molecule has 1 amide bonds. The van der Waals surface area contributed by atoms with Crippen LogP contribution in [0.3, 0.4) is 0 Å². The Bertz CT molecular complexity index is 1050. The summed E-state index contributed by atoms with van der Waals surface area (Å²) in [5.41, 5.74) is 4.91. The van der Waals surface area contributed by atoms with Crippen LogP contribution in [-0.2, 0) is 31.0 Å². The number of carbonyl (C=O) groups is 1. The van der Waals surface area contributed by atoms with E-state index in [-0.39, 0.29) is 5.91 Å². The molecule has 33 heavy (non-hydrogen) atoms. The lowest BCUT2D eigenvalue weighted by Crippen LogP contribution is -2.38.